The molecule has 0 unspecified atom stereocenters. The van der Waals surface area contributed by atoms with E-state index in [0.29, 0.717) is 17.7 Å². The van der Waals surface area contributed by atoms with Crippen LogP contribution in [0.25, 0.3) is 0 Å². The molecular weight excluding hydrogens is 376 g/mol. The summed E-state index contributed by atoms with van der Waals surface area (Å²) in [5.41, 5.74) is 1.40. The van der Waals surface area contributed by atoms with E-state index in [4.69, 9.17) is 9.47 Å². The summed E-state index contributed by atoms with van der Waals surface area (Å²) in [4.78, 5) is 23.3. The summed E-state index contributed by atoms with van der Waals surface area (Å²) in [6.07, 6.45) is 0.805. The maximum atomic E-state index is 11.9. The molecule has 0 atom stereocenters. The molecule has 0 radical (unpaired) electrons. The molecule has 0 aromatic heterocycles. The summed E-state index contributed by atoms with van der Waals surface area (Å²) < 4.78 is 15.9. The van der Waals surface area contributed by atoms with Gasteiger partial charge in [-0.1, -0.05) is 6.07 Å². The van der Waals surface area contributed by atoms with Crippen LogP contribution in [-0.2, 0) is 16.0 Å². The zero-order valence-corrected chi connectivity index (χ0v) is 15.0. The van der Waals surface area contributed by atoms with Crippen molar-refractivity contribution in [2.24, 2.45) is 0 Å². The van der Waals surface area contributed by atoms with Crippen LogP contribution in [0.4, 0.5) is 0 Å². The molecule has 2 aromatic rings. The molecule has 2 aromatic carbocycles. The number of aryl methyl sites for hydroxylation is 1. The Hall–Kier alpha value is -2.34. The van der Waals surface area contributed by atoms with Crippen molar-refractivity contribution in [3.8, 4) is 11.5 Å². The third-order valence-electron chi connectivity index (χ3n) is 3.34. The highest BCUT2D eigenvalue weighted by Gasteiger charge is 2.09. The summed E-state index contributed by atoms with van der Waals surface area (Å²) in [5.74, 6) is 0.362. The second kappa shape index (κ2) is 8.49. The normalized spacial score (nSPS) is 10.1. The van der Waals surface area contributed by atoms with Crippen LogP contribution in [-0.4, -0.2) is 26.2 Å². The van der Waals surface area contributed by atoms with Gasteiger partial charge in [0, 0.05) is 6.42 Å². The first kappa shape index (κ1) is 18.0. The van der Waals surface area contributed by atoms with Crippen LogP contribution in [0.3, 0.4) is 0 Å². The van der Waals surface area contributed by atoms with Crippen molar-refractivity contribution in [3.63, 3.8) is 0 Å². The van der Waals surface area contributed by atoms with E-state index in [1.807, 2.05) is 18.2 Å². The molecule has 0 fully saturated rings. The van der Waals surface area contributed by atoms with Gasteiger partial charge in [0.1, 0.15) is 11.5 Å². The van der Waals surface area contributed by atoms with Gasteiger partial charge in [0.25, 0.3) is 0 Å². The molecule has 126 valence electrons. The summed E-state index contributed by atoms with van der Waals surface area (Å²) in [5, 5.41) is 0. The fourth-order valence-corrected chi connectivity index (χ4v) is 2.66. The van der Waals surface area contributed by atoms with Crippen LogP contribution in [0, 0.1) is 0 Å². The first-order chi connectivity index (χ1) is 11.5. The highest BCUT2D eigenvalue weighted by Crippen LogP contribution is 2.26. The summed E-state index contributed by atoms with van der Waals surface area (Å²) >= 11 is 3.41. The van der Waals surface area contributed by atoms with Crippen LogP contribution < -0.4 is 9.47 Å². The predicted molar refractivity (Wildman–Crippen MR) is 92.4 cm³/mol. The summed E-state index contributed by atoms with van der Waals surface area (Å²) in [6, 6.07) is 11.9. The maximum absolute atomic E-state index is 11.9. The number of benzene rings is 2. The largest absolute Gasteiger partial charge is 0.496 e. The summed E-state index contributed by atoms with van der Waals surface area (Å²) in [7, 11) is 2.91. The van der Waals surface area contributed by atoms with E-state index in [2.05, 4.69) is 20.7 Å². The van der Waals surface area contributed by atoms with Gasteiger partial charge in [-0.25, -0.2) is 4.79 Å². The highest BCUT2D eigenvalue weighted by molar-refractivity contribution is 9.10. The van der Waals surface area contributed by atoms with Gasteiger partial charge >= 0.3 is 11.9 Å². The quantitative estimate of drug-likeness (QED) is 0.552. The fraction of sp³-hybridized carbons (Fsp3) is 0.222. The third-order valence-corrected chi connectivity index (χ3v) is 3.96. The zero-order valence-electron chi connectivity index (χ0n) is 13.4. The molecule has 6 heteroatoms. The number of carbonyl (C=O) groups is 2. The van der Waals surface area contributed by atoms with Crippen LogP contribution in [0.2, 0.25) is 0 Å². The van der Waals surface area contributed by atoms with E-state index in [0.717, 1.165) is 15.8 Å². The summed E-state index contributed by atoms with van der Waals surface area (Å²) in [6.45, 7) is 0. The SMILES string of the molecule is COC(=O)c1ccc(OC(=O)CCc2ccc(OC)c(Br)c2)cc1. The van der Waals surface area contributed by atoms with Crippen molar-refractivity contribution in [1.82, 2.24) is 0 Å². The number of methoxy groups -OCH3 is 2. The molecule has 5 nitrogen and oxygen atoms in total. The van der Waals surface area contributed by atoms with Crippen molar-refractivity contribution in [2.75, 3.05) is 14.2 Å². The van der Waals surface area contributed by atoms with Gasteiger partial charge < -0.3 is 14.2 Å². The van der Waals surface area contributed by atoms with E-state index in [9.17, 15) is 9.59 Å². The molecule has 0 saturated carbocycles. The molecule has 0 heterocycles. The number of halogens is 1. The second-order valence-corrected chi connectivity index (χ2v) is 5.81. The first-order valence-electron chi connectivity index (χ1n) is 7.25. The van der Waals surface area contributed by atoms with E-state index < -0.39 is 5.97 Å². The Morgan fingerprint density at radius 1 is 1.04 bits per heavy atom. The number of carbonyl (C=O) groups excluding carboxylic acids is 2. The van der Waals surface area contributed by atoms with E-state index in [-0.39, 0.29) is 12.4 Å². The number of ether oxygens (including phenoxy) is 3. The Morgan fingerprint density at radius 2 is 1.75 bits per heavy atom. The van der Waals surface area contributed by atoms with Crippen molar-refractivity contribution < 1.29 is 23.8 Å². The maximum Gasteiger partial charge on any atom is 0.337 e. The molecule has 0 aliphatic rings. The molecule has 0 spiro atoms. The molecular formula is C18H17BrO5. The van der Waals surface area contributed by atoms with Crippen LogP contribution in [0.5, 0.6) is 11.5 Å². The Kier molecular flexibility index (Phi) is 6.37. The molecule has 0 N–H and O–H groups in total. The minimum Gasteiger partial charge on any atom is -0.496 e. The smallest absolute Gasteiger partial charge is 0.337 e. The van der Waals surface area contributed by atoms with Gasteiger partial charge in [-0.3, -0.25) is 4.79 Å². The predicted octanol–water partition coefficient (Wildman–Crippen LogP) is 3.78. The second-order valence-electron chi connectivity index (χ2n) is 4.96. The number of hydrogen-bond donors (Lipinski definition) is 0. The van der Waals surface area contributed by atoms with Crippen molar-refractivity contribution in [3.05, 3.63) is 58.1 Å². The number of esters is 2. The number of rotatable bonds is 6. The lowest BCUT2D eigenvalue weighted by molar-refractivity contribution is -0.134. The van der Waals surface area contributed by atoms with Crippen LogP contribution in [0.15, 0.2) is 46.9 Å². The average Bonchev–Trinajstić information content (AvgIpc) is 2.60. The minimum atomic E-state index is -0.432. The lowest BCUT2D eigenvalue weighted by Crippen LogP contribution is -2.09. The Balaban J connectivity index is 1.89. The Morgan fingerprint density at radius 3 is 2.33 bits per heavy atom. The lowest BCUT2D eigenvalue weighted by atomic mass is 10.1. The van der Waals surface area contributed by atoms with Crippen molar-refractivity contribution >= 4 is 27.9 Å². The van der Waals surface area contributed by atoms with E-state index in [1.54, 1.807) is 31.4 Å². The third kappa shape index (κ3) is 4.83. The monoisotopic (exact) mass is 392 g/mol. The van der Waals surface area contributed by atoms with Crippen molar-refractivity contribution in [1.29, 1.82) is 0 Å². The standard InChI is InChI=1S/C18H17BrO5/c1-22-16-9-3-12(11-15(16)19)4-10-17(20)24-14-7-5-13(6-8-14)18(21)23-2/h3,5-9,11H,4,10H2,1-2H3. The molecule has 0 bridgehead atoms. The van der Waals surface area contributed by atoms with Gasteiger partial charge in [0.15, 0.2) is 0 Å². The molecule has 0 saturated heterocycles. The average molecular weight is 393 g/mol. The van der Waals surface area contributed by atoms with E-state index in [1.165, 1.54) is 7.11 Å². The molecule has 0 aliphatic carbocycles. The van der Waals surface area contributed by atoms with Crippen LogP contribution in [0.1, 0.15) is 22.3 Å². The van der Waals surface area contributed by atoms with E-state index >= 15 is 0 Å². The fourth-order valence-electron chi connectivity index (χ4n) is 2.07. The highest BCUT2D eigenvalue weighted by atomic mass is 79.9. The van der Waals surface area contributed by atoms with Gasteiger partial charge in [-0.15, -0.1) is 0 Å². The molecule has 0 aliphatic heterocycles. The van der Waals surface area contributed by atoms with Gasteiger partial charge in [-0.2, -0.15) is 0 Å². The minimum absolute atomic E-state index is 0.248. The zero-order chi connectivity index (χ0) is 17.5. The van der Waals surface area contributed by atoms with Gasteiger partial charge in [0.05, 0.1) is 24.3 Å². The van der Waals surface area contributed by atoms with Gasteiger partial charge in [-0.05, 0) is 64.3 Å². The Bertz CT molecular complexity index is 725. The number of hydrogen-bond acceptors (Lipinski definition) is 5. The van der Waals surface area contributed by atoms with Gasteiger partial charge in [0.2, 0.25) is 0 Å². The molecule has 2 rings (SSSR count). The molecule has 24 heavy (non-hydrogen) atoms. The molecule has 0 amide bonds. The van der Waals surface area contributed by atoms with Crippen LogP contribution >= 0.6 is 15.9 Å². The lowest BCUT2D eigenvalue weighted by Gasteiger charge is -2.07. The van der Waals surface area contributed by atoms with Crippen molar-refractivity contribution in [2.45, 2.75) is 12.8 Å². The Labute approximate surface area is 148 Å². The first-order valence-corrected chi connectivity index (χ1v) is 8.04. The topological polar surface area (TPSA) is 61.8 Å².